The van der Waals surface area contributed by atoms with Crippen molar-refractivity contribution >= 4 is 11.6 Å². The van der Waals surface area contributed by atoms with Crippen LogP contribution in [-0.2, 0) is 6.18 Å². The van der Waals surface area contributed by atoms with Gasteiger partial charge in [-0.15, -0.1) is 0 Å². The molecule has 3 N–H and O–H groups in total. The molecule has 0 heterocycles. The van der Waals surface area contributed by atoms with E-state index in [1.165, 1.54) is 0 Å². The van der Waals surface area contributed by atoms with Gasteiger partial charge >= 0.3 is 12.4 Å². The molecule has 0 saturated carbocycles. The average molecular weight is 294 g/mol. The van der Waals surface area contributed by atoms with Gasteiger partial charge in [0.1, 0.15) is 11.8 Å². The number of aromatic hydroxyl groups is 1. The predicted octanol–water partition coefficient (Wildman–Crippen LogP) is 3.63. The van der Waals surface area contributed by atoms with E-state index in [4.69, 9.17) is 17.3 Å². The van der Waals surface area contributed by atoms with Crippen LogP contribution in [0.1, 0.15) is 17.2 Å². The van der Waals surface area contributed by atoms with Crippen LogP contribution in [0.4, 0.5) is 26.3 Å². The average Bonchev–Trinajstić information content (AvgIpc) is 2.17. The van der Waals surface area contributed by atoms with Crippen LogP contribution in [0, 0.1) is 0 Å². The van der Waals surface area contributed by atoms with Crippen molar-refractivity contribution < 1.29 is 31.4 Å². The summed E-state index contributed by atoms with van der Waals surface area (Å²) in [5.41, 5.74) is 1.54. The Bertz CT molecular complexity index is 456. The number of halogens is 7. The number of alkyl halides is 6. The lowest BCUT2D eigenvalue weighted by Gasteiger charge is -2.22. The van der Waals surface area contributed by atoms with Gasteiger partial charge in [-0.25, -0.2) is 0 Å². The molecule has 1 aromatic rings. The smallest absolute Gasteiger partial charge is 0.416 e. The monoisotopic (exact) mass is 293 g/mol. The quantitative estimate of drug-likeness (QED) is 0.777. The van der Waals surface area contributed by atoms with Gasteiger partial charge in [0.15, 0.2) is 0 Å². The molecule has 1 atom stereocenters. The fourth-order valence-electron chi connectivity index (χ4n) is 1.31. The maximum atomic E-state index is 12.5. The summed E-state index contributed by atoms with van der Waals surface area (Å²) in [7, 11) is 0. The molecule has 0 fully saturated rings. The number of benzene rings is 1. The first-order valence-corrected chi connectivity index (χ1v) is 4.75. The fraction of sp³-hybridized carbons (Fsp3) is 0.333. The highest BCUT2D eigenvalue weighted by Gasteiger charge is 2.45. The van der Waals surface area contributed by atoms with E-state index < -0.39 is 40.3 Å². The van der Waals surface area contributed by atoms with E-state index in [0.717, 1.165) is 0 Å². The maximum absolute atomic E-state index is 12.5. The zero-order valence-corrected chi connectivity index (χ0v) is 9.16. The van der Waals surface area contributed by atoms with Crippen LogP contribution in [0.2, 0.25) is 5.02 Å². The second-order valence-electron chi connectivity index (χ2n) is 3.37. The highest BCUT2D eigenvalue weighted by Crippen LogP contribution is 2.45. The molecule has 0 amide bonds. The van der Waals surface area contributed by atoms with E-state index in [1.807, 2.05) is 0 Å². The van der Waals surface area contributed by atoms with E-state index in [1.54, 1.807) is 0 Å². The molecule has 0 aliphatic rings. The third-order valence-corrected chi connectivity index (χ3v) is 2.44. The molecular formula is C9H6ClF6NO. The van der Waals surface area contributed by atoms with Gasteiger partial charge in [-0.2, -0.15) is 26.3 Å². The summed E-state index contributed by atoms with van der Waals surface area (Å²) < 4.78 is 74.7. The lowest BCUT2D eigenvalue weighted by Crippen LogP contribution is -2.30. The third kappa shape index (κ3) is 2.81. The van der Waals surface area contributed by atoms with Crippen molar-refractivity contribution in [3.05, 3.63) is 28.3 Å². The predicted molar refractivity (Wildman–Crippen MR) is 51.1 cm³/mol. The lowest BCUT2D eigenvalue weighted by atomic mass is 9.98. The molecule has 0 bridgehead atoms. The van der Waals surface area contributed by atoms with Crippen molar-refractivity contribution in [3.8, 4) is 5.75 Å². The standard InChI is InChI=1S/C9H6ClF6NO/c10-4-2-1-3(8(11,12)13)5(6(4)18)7(17)9(14,15)16/h1-2,7,18H,17H2/t7-/m1/s1. The number of rotatable bonds is 1. The van der Waals surface area contributed by atoms with Crippen LogP contribution in [-0.4, -0.2) is 11.3 Å². The number of nitrogens with two attached hydrogens (primary N) is 1. The summed E-state index contributed by atoms with van der Waals surface area (Å²) >= 11 is 5.29. The first kappa shape index (κ1) is 14.9. The minimum absolute atomic E-state index is 0.336. The molecule has 1 rings (SSSR count). The normalized spacial score (nSPS) is 14.7. The van der Waals surface area contributed by atoms with Gasteiger partial charge in [-0.1, -0.05) is 11.6 Å². The Kier molecular flexibility index (Phi) is 3.73. The van der Waals surface area contributed by atoms with E-state index in [2.05, 4.69) is 0 Å². The van der Waals surface area contributed by atoms with Crippen molar-refractivity contribution in [2.75, 3.05) is 0 Å². The molecule has 2 nitrogen and oxygen atoms in total. The van der Waals surface area contributed by atoms with Crippen LogP contribution >= 0.6 is 11.6 Å². The molecule has 0 radical (unpaired) electrons. The van der Waals surface area contributed by atoms with Gasteiger partial charge in [0.2, 0.25) is 0 Å². The molecule has 0 spiro atoms. The second-order valence-corrected chi connectivity index (χ2v) is 3.78. The highest BCUT2D eigenvalue weighted by atomic mass is 35.5. The molecule has 102 valence electrons. The minimum Gasteiger partial charge on any atom is -0.506 e. The Balaban J connectivity index is 3.53. The number of phenolic OH excluding ortho intramolecular Hbond substituents is 1. The summed E-state index contributed by atoms with van der Waals surface area (Å²) in [6.07, 6.45) is -10.2. The van der Waals surface area contributed by atoms with Gasteiger partial charge in [-0.3, -0.25) is 0 Å². The van der Waals surface area contributed by atoms with Crippen LogP contribution < -0.4 is 5.73 Å². The Morgan fingerprint density at radius 2 is 1.61 bits per heavy atom. The molecular weight excluding hydrogens is 288 g/mol. The summed E-state index contributed by atoms with van der Waals surface area (Å²) in [6.45, 7) is 0. The molecule has 0 aliphatic carbocycles. The lowest BCUT2D eigenvalue weighted by molar-refractivity contribution is -0.156. The van der Waals surface area contributed by atoms with Crippen LogP contribution in [0.15, 0.2) is 12.1 Å². The van der Waals surface area contributed by atoms with Crippen molar-refractivity contribution in [3.63, 3.8) is 0 Å². The largest absolute Gasteiger partial charge is 0.506 e. The van der Waals surface area contributed by atoms with E-state index in [0.29, 0.717) is 12.1 Å². The van der Waals surface area contributed by atoms with Crippen molar-refractivity contribution in [1.82, 2.24) is 0 Å². The van der Waals surface area contributed by atoms with Crippen molar-refractivity contribution in [2.45, 2.75) is 18.4 Å². The molecule has 18 heavy (non-hydrogen) atoms. The van der Waals surface area contributed by atoms with Gasteiger partial charge in [0.05, 0.1) is 10.6 Å². The highest BCUT2D eigenvalue weighted by molar-refractivity contribution is 6.32. The summed E-state index contributed by atoms with van der Waals surface area (Å²) in [4.78, 5) is 0. The summed E-state index contributed by atoms with van der Waals surface area (Å²) in [5, 5.41) is 8.62. The number of phenols is 1. The Morgan fingerprint density at radius 1 is 1.11 bits per heavy atom. The molecule has 0 aliphatic heterocycles. The van der Waals surface area contributed by atoms with Crippen LogP contribution in [0.5, 0.6) is 5.75 Å². The van der Waals surface area contributed by atoms with Gasteiger partial charge in [0, 0.05) is 5.56 Å². The zero-order valence-electron chi connectivity index (χ0n) is 8.40. The van der Waals surface area contributed by atoms with Crippen molar-refractivity contribution in [2.24, 2.45) is 5.73 Å². The fourth-order valence-corrected chi connectivity index (χ4v) is 1.47. The minimum atomic E-state index is -5.14. The molecule has 0 aromatic heterocycles. The third-order valence-electron chi connectivity index (χ3n) is 2.14. The van der Waals surface area contributed by atoms with E-state index in [9.17, 15) is 31.4 Å². The molecule has 0 unspecified atom stereocenters. The topological polar surface area (TPSA) is 46.2 Å². The first-order valence-electron chi connectivity index (χ1n) is 4.37. The van der Waals surface area contributed by atoms with Gasteiger partial charge in [-0.05, 0) is 12.1 Å². The van der Waals surface area contributed by atoms with Crippen LogP contribution in [0.3, 0.4) is 0 Å². The molecule has 0 saturated heterocycles. The van der Waals surface area contributed by atoms with Crippen molar-refractivity contribution in [1.29, 1.82) is 0 Å². The summed E-state index contributed by atoms with van der Waals surface area (Å²) in [6, 6.07) is -2.00. The number of hydrogen-bond donors (Lipinski definition) is 2. The van der Waals surface area contributed by atoms with Crippen LogP contribution in [0.25, 0.3) is 0 Å². The first-order chi connectivity index (χ1) is 7.96. The number of hydrogen-bond acceptors (Lipinski definition) is 2. The van der Waals surface area contributed by atoms with E-state index >= 15 is 0 Å². The molecule has 9 heteroatoms. The second kappa shape index (κ2) is 4.51. The summed E-state index contributed by atoms with van der Waals surface area (Å²) in [5.74, 6) is -1.32. The van der Waals surface area contributed by atoms with E-state index in [-0.39, 0.29) is 0 Å². The molecule has 1 aromatic carbocycles. The van der Waals surface area contributed by atoms with Gasteiger partial charge < -0.3 is 10.8 Å². The maximum Gasteiger partial charge on any atom is 0.416 e. The Hall–Kier alpha value is -1.15. The van der Waals surface area contributed by atoms with Gasteiger partial charge in [0.25, 0.3) is 0 Å². The SMILES string of the molecule is N[C@H](c1c(C(F)(F)F)ccc(Cl)c1O)C(F)(F)F. The Labute approximate surface area is 102 Å². The zero-order chi connectivity index (χ0) is 14.3. The Morgan fingerprint density at radius 3 is 2.00 bits per heavy atom.